The molecule has 1 atom stereocenters. The van der Waals surface area contributed by atoms with E-state index in [9.17, 15) is 5.11 Å². The van der Waals surface area contributed by atoms with E-state index in [2.05, 4.69) is 6.07 Å². The lowest BCUT2D eigenvalue weighted by molar-refractivity contribution is 0.0360. The van der Waals surface area contributed by atoms with Crippen LogP contribution in [0.25, 0.3) is 0 Å². The minimum absolute atomic E-state index is 0.346. The molecule has 0 aliphatic carbocycles. The molecule has 18 heavy (non-hydrogen) atoms. The molecule has 0 radical (unpaired) electrons. The second kappa shape index (κ2) is 8.05. The quantitative estimate of drug-likeness (QED) is 0.720. The largest absolute Gasteiger partial charge is 0.389 e. The monoisotopic (exact) mass is 287 g/mol. The van der Waals surface area contributed by atoms with Gasteiger partial charge in [-0.3, -0.25) is 0 Å². The number of nitrogens with two attached hydrogens (primary N) is 1. The van der Waals surface area contributed by atoms with Crippen LogP contribution in [-0.2, 0) is 5.75 Å². The molecule has 3 N–H and O–H groups in total. The Kier molecular flexibility index (Phi) is 7.08. The number of halogens is 1. The molecule has 0 fully saturated rings. The van der Waals surface area contributed by atoms with Crippen molar-refractivity contribution in [2.24, 2.45) is 5.73 Å². The Morgan fingerprint density at radius 1 is 1.39 bits per heavy atom. The molecular formula is C14H22ClNOS. The van der Waals surface area contributed by atoms with Crippen molar-refractivity contribution >= 4 is 23.4 Å². The Labute approximate surface area is 119 Å². The zero-order valence-electron chi connectivity index (χ0n) is 10.9. The normalized spacial score (nSPS) is 14.4. The van der Waals surface area contributed by atoms with Crippen molar-refractivity contribution in [3.8, 4) is 0 Å². The van der Waals surface area contributed by atoms with Gasteiger partial charge in [-0.15, -0.1) is 0 Å². The van der Waals surface area contributed by atoms with Gasteiger partial charge in [0, 0.05) is 17.3 Å². The summed E-state index contributed by atoms with van der Waals surface area (Å²) < 4.78 is 0. The van der Waals surface area contributed by atoms with Crippen LogP contribution in [0, 0.1) is 0 Å². The molecule has 4 heteroatoms. The highest BCUT2D eigenvalue weighted by Crippen LogP contribution is 2.23. The van der Waals surface area contributed by atoms with Crippen LogP contribution < -0.4 is 5.73 Å². The van der Waals surface area contributed by atoms with Gasteiger partial charge in [-0.25, -0.2) is 0 Å². The maximum Gasteiger partial charge on any atom is 0.0767 e. The third-order valence-electron chi connectivity index (χ3n) is 3.18. The molecule has 1 unspecified atom stereocenters. The van der Waals surface area contributed by atoms with Gasteiger partial charge in [-0.05, 0) is 36.6 Å². The second-order valence-corrected chi connectivity index (χ2v) is 6.04. The molecule has 0 aliphatic rings. The summed E-state index contributed by atoms with van der Waals surface area (Å²) in [7, 11) is 0. The zero-order chi connectivity index (χ0) is 13.4. The molecule has 0 aromatic heterocycles. The standard InChI is InChI=1S/C14H22ClNOS/c1-2-14(17,11-16)8-5-9-18-10-12-6-3-4-7-13(12)15/h3-4,6-7,17H,2,5,8-11,16H2,1H3. The number of hydrogen-bond acceptors (Lipinski definition) is 3. The number of thioether (sulfide) groups is 1. The Morgan fingerprint density at radius 2 is 2.11 bits per heavy atom. The van der Waals surface area contributed by atoms with Crippen LogP contribution in [0.1, 0.15) is 31.7 Å². The van der Waals surface area contributed by atoms with E-state index in [1.165, 1.54) is 5.56 Å². The first-order valence-corrected chi connectivity index (χ1v) is 7.88. The van der Waals surface area contributed by atoms with Gasteiger partial charge in [-0.2, -0.15) is 11.8 Å². The van der Waals surface area contributed by atoms with E-state index in [1.807, 2.05) is 36.9 Å². The highest BCUT2D eigenvalue weighted by atomic mass is 35.5. The highest BCUT2D eigenvalue weighted by molar-refractivity contribution is 7.98. The van der Waals surface area contributed by atoms with Gasteiger partial charge >= 0.3 is 0 Å². The SMILES string of the molecule is CCC(O)(CN)CCCSCc1ccccc1Cl. The van der Waals surface area contributed by atoms with Gasteiger partial charge in [0.25, 0.3) is 0 Å². The van der Waals surface area contributed by atoms with E-state index in [0.717, 1.165) is 35.8 Å². The maximum absolute atomic E-state index is 10.0. The third kappa shape index (κ3) is 5.19. The molecule has 2 nitrogen and oxygen atoms in total. The maximum atomic E-state index is 10.0. The predicted molar refractivity (Wildman–Crippen MR) is 81.1 cm³/mol. The van der Waals surface area contributed by atoms with Crippen molar-refractivity contribution in [3.63, 3.8) is 0 Å². The topological polar surface area (TPSA) is 46.2 Å². The smallest absolute Gasteiger partial charge is 0.0767 e. The fraction of sp³-hybridized carbons (Fsp3) is 0.571. The lowest BCUT2D eigenvalue weighted by Crippen LogP contribution is -2.36. The summed E-state index contributed by atoms with van der Waals surface area (Å²) >= 11 is 7.93. The van der Waals surface area contributed by atoms with E-state index in [0.29, 0.717) is 6.54 Å². The summed E-state index contributed by atoms with van der Waals surface area (Å²) in [5.74, 6) is 1.94. The first kappa shape index (κ1) is 15.8. The highest BCUT2D eigenvalue weighted by Gasteiger charge is 2.21. The summed E-state index contributed by atoms with van der Waals surface area (Å²) in [5.41, 5.74) is 6.07. The summed E-state index contributed by atoms with van der Waals surface area (Å²) in [6.07, 6.45) is 2.48. The Balaban J connectivity index is 2.22. The summed E-state index contributed by atoms with van der Waals surface area (Å²) in [6, 6.07) is 7.92. The van der Waals surface area contributed by atoms with Crippen LogP contribution in [0.2, 0.25) is 5.02 Å². The molecule has 1 aromatic rings. The van der Waals surface area contributed by atoms with Crippen molar-refractivity contribution < 1.29 is 5.11 Å². The second-order valence-electron chi connectivity index (χ2n) is 4.53. The first-order valence-electron chi connectivity index (χ1n) is 6.35. The van der Waals surface area contributed by atoms with Crippen molar-refractivity contribution in [1.29, 1.82) is 0 Å². The number of benzene rings is 1. The Hall–Kier alpha value is -0.220. The Morgan fingerprint density at radius 3 is 2.72 bits per heavy atom. The van der Waals surface area contributed by atoms with E-state index in [1.54, 1.807) is 0 Å². The van der Waals surface area contributed by atoms with Gasteiger partial charge in [0.2, 0.25) is 0 Å². The third-order valence-corrected chi connectivity index (χ3v) is 4.65. The van der Waals surface area contributed by atoms with Crippen LogP contribution in [-0.4, -0.2) is 23.0 Å². The molecule has 0 saturated carbocycles. The van der Waals surface area contributed by atoms with Crippen molar-refractivity contribution in [3.05, 3.63) is 34.9 Å². The molecule has 0 aliphatic heterocycles. The van der Waals surface area contributed by atoms with Crippen molar-refractivity contribution in [1.82, 2.24) is 0 Å². The lowest BCUT2D eigenvalue weighted by Gasteiger charge is -2.24. The van der Waals surface area contributed by atoms with Crippen molar-refractivity contribution in [2.75, 3.05) is 12.3 Å². The molecular weight excluding hydrogens is 266 g/mol. The van der Waals surface area contributed by atoms with E-state index in [-0.39, 0.29) is 0 Å². The average molecular weight is 288 g/mol. The predicted octanol–water partition coefficient (Wildman–Crippen LogP) is 3.45. The first-order chi connectivity index (χ1) is 8.61. The van der Waals surface area contributed by atoms with Crippen LogP contribution in [0.4, 0.5) is 0 Å². The van der Waals surface area contributed by atoms with Crippen LogP contribution in [0.15, 0.2) is 24.3 Å². The Bertz CT molecular complexity index is 355. The van der Waals surface area contributed by atoms with Gasteiger partial charge in [0.05, 0.1) is 5.60 Å². The fourth-order valence-corrected chi connectivity index (χ4v) is 2.97. The average Bonchev–Trinajstić information content (AvgIpc) is 2.40. The van der Waals surface area contributed by atoms with E-state index >= 15 is 0 Å². The van der Waals surface area contributed by atoms with E-state index in [4.69, 9.17) is 17.3 Å². The molecule has 0 saturated heterocycles. The number of aliphatic hydroxyl groups is 1. The minimum Gasteiger partial charge on any atom is -0.389 e. The minimum atomic E-state index is -0.676. The lowest BCUT2D eigenvalue weighted by atomic mass is 9.95. The number of rotatable bonds is 8. The molecule has 0 amide bonds. The summed E-state index contributed by atoms with van der Waals surface area (Å²) in [4.78, 5) is 0. The molecule has 1 aromatic carbocycles. The van der Waals surface area contributed by atoms with Crippen LogP contribution >= 0.6 is 23.4 Å². The van der Waals surface area contributed by atoms with Crippen LogP contribution in [0.5, 0.6) is 0 Å². The van der Waals surface area contributed by atoms with Crippen LogP contribution in [0.3, 0.4) is 0 Å². The van der Waals surface area contributed by atoms with Gasteiger partial charge in [0.1, 0.15) is 0 Å². The molecule has 0 spiro atoms. The number of hydrogen-bond donors (Lipinski definition) is 2. The van der Waals surface area contributed by atoms with Gasteiger partial charge in [-0.1, -0.05) is 36.7 Å². The van der Waals surface area contributed by atoms with Gasteiger partial charge in [0.15, 0.2) is 0 Å². The molecule has 0 bridgehead atoms. The summed E-state index contributed by atoms with van der Waals surface area (Å²) in [6.45, 7) is 2.32. The zero-order valence-corrected chi connectivity index (χ0v) is 12.4. The van der Waals surface area contributed by atoms with Gasteiger partial charge < -0.3 is 10.8 Å². The summed E-state index contributed by atoms with van der Waals surface area (Å²) in [5, 5.41) is 10.9. The van der Waals surface area contributed by atoms with E-state index < -0.39 is 5.60 Å². The van der Waals surface area contributed by atoms with Crippen molar-refractivity contribution in [2.45, 2.75) is 37.5 Å². The fourth-order valence-electron chi connectivity index (χ4n) is 1.72. The molecule has 1 rings (SSSR count). The molecule has 0 heterocycles. The molecule has 102 valence electrons.